The van der Waals surface area contributed by atoms with Crippen molar-refractivity contribution in [2.24, 2.45) is 0 Å². The van der Waals surface area contributed by atoms with E-state index < -0.39 is 12.0 Å². The van der Waals surface area contributed by atoms with Crippen LogP contribution >= 0.6 is 0 Å². The Bertz CT molecular complexity index is 514. The maximum atomic E-state index is 12.1. The summed E-state index contributed by atoms with van der Waals surface area (Å²) in [6.07, 6.45) is 2.11. The van der Waals surface area contributed by atoms with Crippen molar-refractivity contribution in [1.82, 2.24) is 10.6 Å². The molecule has 2 rings (SSSR count). The van der Waals surface area contributed by atoms with Crippen LogP contribution in [-0.2, 0) is 17.8 Å². The fraction of sp³-hybridized carbons (Fsp3) is 0.467. The van der Waals surface area contributed by atoms with Crippen LogP contribution in [0.5, 0.6) is 0 Å². The summed E-state index contributed by atoms with van der Waals surface area (Å²) in [5.74, 6) is -1.31. The Morgan fingerprint density at radius 3 is 2.90 bits per heavy atom. The van der Waals surface area contributed by atoms with Gasteiger partial charge in [0.1, 0.15) is 6.04 Å². The molecule has 0 saturated carbocycles. The third-order valence-corrected chi connectivity index (χ3v) is 3.54. The molecule has 5 nitrogen and oxygen atoms in total. The first-order chi connectivity index (χ1) is 9.61. The first kappa shape index (κ1) is 14.5. The third-order valence-electron chi connectivity index (χ3n) is 3.54. The molecule has 0 aromatic heterocycles. The molecule has 1 aromatic rings. The highest BCUT2D eigenvalue weighted by atomic mass is 16.4. The minimum Gasteiger partial charge on any atom is -0.480 e. The molecular weight excluding hydrogens is 256 g/mol. The summed E-state index contributed by atoms with van der Waals surface area (Å²) >= 11 is 0. The minimum atomic E-state index is -0.986. The predicted octanol–water partition coefficient (Wildman–Crippen LogP) is 1.32. The number of benzene rings is 1. The molecule has 1 heterocycles. The second kappa shape index (κ2) is 6.52. The Balaban J connectivity index is 2.10. The van der Waals surface area contributed by atoms with Crippen molar-refractivity contribution in [2.45, 2.75) is 38.8 Å². The summed E-state index contributed by atoms with van der Waals surface area (Å²) < 4.78 is 0. The molecule has 1 aliphatic heterocycles. The summed E-state index contributed by atoms with van der Waals surface area (Å²) in [4.78, 5) is 23.2. The lowest BCUT2D eigenvalue weighted by atomic mass is 9.98. The van der Waals surface area contributed by atoms with Gasteiger partial charge in [0.05, 0.1) is 0 Å². The number of aliphatic carboxylic acids is 1. The number of carbonyl (C=O) groups excluding carboxylic acids is 1. The van der Waals surface area contributed by atoms with Crippen LogP contribution in [0.1, 0.15) is 41.3 Å². The normalized spacial score (nSPS) is 15.2. The highest BCUT2D eigenvalue weighted by molar-refractivity contribution is 5.96. The third kappa shape index (κ3) is 3.36. The lowest BCUT2D eigenvalue weighted by Crippen LogP contribution is -2.40. The highest BCUT2D eigenvalue weighted by Crippen LogP contribution is 2.16. The zero-order valence-electron chi connectivity index (χ0n) is 11.6. The van der Waals surface area contributed by atoms with Crippen LogP contribution in [0.4, 0.5) is 0 Å². The van der Waals surface area contributed by atoms with Gasteiger partial charge >= 0.3 is 5.97 Å². The van der Waals surface area contributed by atoms with Crippen molar-refractivity contribution in [3.63, 3.8) is 0 Å². The van der Waals surface area contributed by atoms with Gasteiger partial charge in [-0.15, -0.1) is 0 Å². The lowest BCUT2D eigenvalue weighted by Gasteiger charge is -2.18. The summed E-state index contributed by atoms with van der Waals surface area (Å²) in [6, 6.07) is 4.76. The minimum absolute atomic E-state index is 0.320. The topological polar surface area (TPSA) is 78.4 Å². The first-order valence-electron chi connectivity index (χ1n) is 6.98. The van der Waals surface area contributed by atoms with Crippen LogP contribution in [0.15, 0.2) is 18.2 Å². The Morgan fingerprint density at radius 2 is 2.20 bits per heavy atom. The van der Waals surface area contributed by atoms with E-state index in [-0.39, 0.29) is 5.91 Å². The average molecular weight is 276 g/mol. The molecule has 0 bridgehead atoms. The Labute approximate surface area is 118 Å². The van der Waals surface area contributed by atoms with Crippen LogP contribution < -0.4 is 10.6 Å². The molecule has 1 aromatic carbocycles. The van der Waals surface area contributed by atoms with E-state index in [1.165, 1.54) is 5.56 Å². The van der Waals surface area contributed by atoms with E-state index in [9.17, 15) is 9.59 Å². The van der Waals surface area contributed by atoms with Crippen molar-refractivity contribution in [1.29, 1.82) is 0 Å². The average Bonchev–Trinajstić information content (AvgIpc) is 2.46. The van der Waals surface area contributed by atoms with Crippen LogP contribution in [0, 0.1) is 0 Å². The molecule has 1 aliphatic rings. The fourth-order valence-corrected chi connectivity index (χ4v) is 2.41. The van der Waals surface area contributed by atoms with E-state index in [2.05, 4.69) is 10.6 Å². The largest absolute Gasteiger partial charge is 0.480 e. The van der Waals surface area contributed by atoms with Crippen LogP contribution in [-0.4, -0.2) is 29.6 Å². The fourth-order valence-electron chi connectivity index (χ4n) is 2.41. The van der Waals surface area contributed by atoms with Crippen LogP contribution in [0.3, 0.4) is 0 Å². The van der Waals surface area contributed by atoms with Gasteiger partial charge in [-0.25, -0.2) is 4.79 Å². The molecule has 0 saturated heterocycles. The molecule has 0 fully saturated rings. The van der Waals surface area contributed by atoms with Crippen molar-refractivity contribution >= 4 is 11.9 Å². The number of carboxylic acids is 1. The van der Waals surface area contributed by atoms with E-state index in [0.29, 0.717) is 18.4 Å². The standard InChI is InChI=1S/C15H20N2O3/c1-2-3-13(15(19)20)17-14(18)11-5-4-10-6-7-16-9-12(10)8-11/h4-5,8,13,16H,2-3,6-7,9H2,1H3,(H,17,18)(H,19,20)/t13-/m1/s1. The van der Waals surface area contributed by atoms with Gasteiger partial charge in [0.25, 0.3) is 5.91 Å². The highest BCUT2D eigenvalue weighted by Gasteiger charge is 2.20. The van der Waals surface area contributed by atoms with Crippen molar-refractivity contribution in [3.05, 3.63) is 34.9 Å². The van der Waals surface area contributed by atoms with Crippen molar-refractivity contribution in [2.75, 3.05) is 6.54 Å². The van der Waals surface area contributed by atoms with E-state index in [0.717, 1.165) is 25.1 Å². The molecule has 3 N–H and O–H groups in total. The summed E-state index contributed by atoms with van der Waals surface area (Å²) in [7, 11) is 0. The van der Waals surface area contributed by atoms with E-state index >= 15 is 0 Å². The number of hydrogen-bond donors (Lipinski definition) is 3. The van der Waals surface area contributed by atoms with Crippen molar-refractivity contribution in [3.8, 4) is 0 Å². The van der Waals surface area contributed by atoms with Gasteiger partial charge in [-0.1, -0.05) is 19.4 Å². The monoisotopic (exact) mass is 276 g/mol. The number of rotatable bonds is 5. The molecule has 20 heavy (non-hydrogen) atoms. The molecule has 0 spiro atoms. The summed E-state index contributed by atoms with van der Waals surface area (Å²) in [6.45, 7) is 3.61. The van der Waals surface area contributed by atoms with Gasteiger partial charge in [-0.2, -0.15) is 0 Å². The number of carbonyl (C=O) groups is 2. The SMILES string of the molecule is CCC[C@@H](NC(=O)c1ccc2c(c1)CNCC2)C(=O)O. The zero-order valence-corrected chi connectivity index (χ0v) is 11.6. The van der Waals surface area contributed by atoms with Gasteiger partial charge in [-0.05, 0) is 42.6 Å². The molecule has 0 aliphatic carbocycles. The quantitative estimate of drug-likeness (QED) is 0.758. The predicted molar refractivity (Wildman–Crippen MR) is 75.7 cm³/mol. The maximum absolute atomic E-state index is 12.1. The second-order valence-electron chi connectivity index (χ2n) is 5.06. The van der Waals surface area contributed by atoms with Gasteiger partial charge in [-0.3, -0.25) is 4.79 Å². The summed E-state index contributed by atoms with van der Waals surface area (Å²) in [5.41, 5.74) is 2.89. The number of nitrogens with one attached hydrogen (secondary N) is 2. The van der Waals surface area contributed by atoms with Gasteiger partial charge in [0, 0.05) is 12.1 Å². The van der Waals surface area contributed by atoms with Gasteiger partial charge in [0.15, 0.2) is 0 Å². The smallest absolute Gasteiger partial charge is 0.326 e. The van der Waals surface area contributed by atoms with E-state index in [1.807, 2.05) is 19.1 Å². The lowest BCUT2D eigenvalue weighted by molar-refractivity contribution is -0.139. The molecule has 108 valence electrons. The maximum Gasteiger partial charge on any atom is 0.326 e. The molecule has 1 amide bonds. The Morgan fingerprint density at radius 1 is 1.40 bits per heavy atom. The van der Waals surface area contributed by atoms with Crippen LogP contribution in [0.25, 0.3) is 0 Å². The number of amides is 1. The van der Waals surface area contributed by atoms with Gasteiger partial charge in [0.2, 0.25) is 0 Å². The van der Waals surface area contributed by atoms with E-state index in [1.54, 1.807) is 6.07 Å². The first-order valence-corrected chi connectivity index (χ1v) is 6.98. The van der Waals surface area contributed by atoms with E-state index in [4.69, 9.17) is 5.11 Å². The number of carboxylic acid groups (broad SMARTS) is 1. The Kier molecular flexibility index (Phi) is 4.74. The Hall–Kier alpha value is -1.88. The summed E-state index contributed by atoms with van der Waals surface area (Å²) in [5, 5.41) is 14.9. The molecule has 1 atom stereocenters. The van der Waals surface area contributed by atoms with Gasteiger partial charge < -0.3 is 15.7 Å². The van der Waals surface area contributed by atoms with Crippen LogP contribution in [0.2, 0.25) is 0 Å². The second-order valence-corrected chi connectivity index (χ2v) is 5.06. The molecule has 0 unspecified atom stereocenters. The van der Waals surface area contributed by atoms with Crippen molar-refractivity contribution < 1.29 is 14.7 Å². The number of fused-ring (bicyclic) bond motifs is 1. The number of hydrogen-bond acceptors (Lipinski definition) is 3. The molecule has 5 heteroatoms. The molecule has 0 radical (unpaired) electrons. The molecular formula is C15H20N2O3. The zero-order chi connectivity index (χ0) is 14.5.